The number of hydrogen-bond acceptors (Lipinski definition) is 1. The van der Waals surface area contributed by atoms with Crippen molar-refractivity contribution in [3.8, 4) is 0 Å². The Kier molecular flexibility index (Phi) is 4.13. The van der Waals surface area contributed by atoms with E-state index in [-0.39, 0.29) is 6.04 Å². The van der Waals surface area contributed by atoms with E-state index >= 15 is 0 Å². The van der Waals surface area contributed by atoms with Crippen LogP contribution in [0, 0.1) is 6.92 Å². The van der Waals surface area contributed by atoms with Gasteiger partial charge in [0.25, 0.3) is 0 Å². The SMILES string of the molecule is Cc1ccc(NC(=S)NC2CCc3ccccc32)c(Cl)c1. The van der Waals surface area contributed by atoms with Crippen molar-refractivity contribution in [2.24, 2.45) is 0 Å². The lowest BCUT2D eigenvalue weighted by molar-refractivity contribution is 0.644. The van der Waals surface area contributed by atoms with Crippen LogP contribution >= 0.6 is 23.8 Å². The normalized spacial score (nSPS) is 16.4. The highest BCUT2D eigenvalue weighted by Crippen LogP contribution is 2.31. The molecule has 2 nitrogen and oxygen atoms in total. The first kappa shape index (κ1) is 14.4. The third-order valence-electron chi connectivity index (χ3n) is 3.81. The van der Waals surface area contributed by atoms with Crippen LogP contribution in [-0.4, -0.2) is 5.11 Å². The molecule has 0 fully saturated rings. The number of hydrogen-bond donors (Lipinski definition) is 2. The average Bonchev–Trinajstić information content (AvgIpc) is 2.85. The van der Waals surface area contributed by atoms with Gasteiger partial charge < -0.3 is 10.6 Å². The Labute approximate surface area is 135 Å². The van der Waals surface area contributed by atoms with Gasteiger partial charge in [-0.3, -0.25) is 0 Å². The molecule has 2 aromatic rings. The summed E-state index contributed by atoms with van der Waals surface area (Å²) in [7, 11) is 0. The van der Waals surface area contributed by atoms with Gasteiger partial charge in [-0.15, -0.1) is 0 Å². The summed E-state index contributed by atoms with van der Waals surface area (Å²) in [5.41, 5.74) is 4.73. The molecule has 4 heteroatoms. The van der Waals surface area contributed by atoms with Gasteiger partial charge in [-0.05, 0) is 60.8 Å². The predicted molar refractivity (Wildman–Crippen MR) is 93.0 cm³/mol. The molecule has 0 heterocycles. The van der Waals surface area contributed by atoms with E-state index in [1.165, 1.54) is 11.1 Å². The lowest BCUT2D eigenvalue weighted by atomic mass is 10.1. The Morgan fingerprint density at radius 3 is 2.86 bits per heavy atom. The largest absolute Gasteiger partial charge is 0.356 e. The Morgan fingerprint density at radius 2 is 2.05 bits per heavy atom. The predicted octanol–water partition coefficient (Wildman–Crippen LogP) is 4.62. The lowest BCUT2D eigenvalue weighted by Crippen LogP contribution is -2.31. The van der Waals surface area contributed by atoms with Crippen molar-refractivity contribution in [3.63, 3.8) is 0 Å². The molecule has 0 bridgehead atoms. The summed E-state index contributed by atoms with van der Waals surface area (Å²) >= 11 is 11.6. The van der Waals surface area contributed by atoms with Gasteiger partial charge in [0.15, 0.2) is 5.11 Å². The summed E-state index contributed by atoms with van der Waals surface area (Å²) in [6.45, 7) is 2.02. The van der Waals surface area contributed by atoms with E-state index in [1.54, 1.807) is 0 Å². The first-order chi connectivity index (χ1) is 10.1. The monoisotopic (exact) mass is 316 g/mol. The van der Waals surface area contributed by atoms with E-state index in [0.717, 1.165) is 24.1 Å². The highest BCUT2D eigenvalue weighted by atomic mass is 35.5. The van der Waals surface area contributed by atoms with Gasteiger partial charge in [-0.2, -0.15) is 0 Å². The average molecular weight is 317 g/mol. The minimum Gasteiger partial charge on any atom is -0.356 e. The van der Waals surface area contributed by atoms with Crippen LogP contribution in [-0.2, 0) is 6.42 Å². The molecule has 3 rings (SSSR count). The van der Waals surface area contributed by atoms with Crippen molar-refractivity contribution >= 4 is 34.6 Å². The highest BCUT2D eigenvalue weighted by molar-refractivity contribution is 7.80. The van der Waals surface area contributed by atoms with Crippen LogP contribution in [0.2, 0.25) is 5.02 Å². The molecule has 0 saturated heterocycles. The smallest absolute Gasteiger partial charge is 0.171 e. The van der Waals surface area contributed by atoms with E-state index in [2.05, 4.69) is 34.9 Å². The summed E-state index contributed by atoms with van der Waals surface area (Å²) in [5.74, 6) is 0. The van der Waals surface area contributed by atoms with Crippen LogP contribution < -0.4 is 10.6 Å². The van der Waals surface area contributed by atoms with Crippen molar-refractivity contribution in [1.82, 2.24) is 5.32 Å². The van der Waals surface area contributed by atoms with Crippen LogP contribution in [0.4, 0.5) is 5.69 Å². The standard InChI is InChI=1S/C17H17ClN2S/c1-11-6-8-16(14(18)10-11)20-17(21)19-15-9-7-12-4-2-3-5-13(12)15/h2-6,8,10,15H,7,9H2,1H3,(H2,19,20,21). The summed E-state index contributed by atoms with van der Waals surface area (Å²) in [4.78, 5) is 0. The molecule has 1 atom stereocenters. The summed E-state index contributed by atoms with van der Waals surface area (Å²) in [5, 5.41) is 7.87. The maximum Gasteiger partial charge on any atom is 0.171 e. The number of rotatable bonds is 2. The second-order valence-corrected chi connectivity index (χ2v) is 6.19. The lowest BCUT2D eigenvalue weighted by Gasteiger charge is -2.18. The minimum absolute atomic E-state index is 0.283. The molecule has 1 aliphatic rings. The maximum absolute atomic E-state index is 6.22. The molecule has 0 saturated carbocycles. The van der Waals surface area contributed by atoms with Crippen LogP contribution in [0.25, 0.3) is 0 Å². The number of thiocarbonyl (C=S) groups is 1. The molecule has 0 aromatic heterocycles. The van der Waals surface area contributed by atoms with Gasteiger partial charge in [-0.1, -0.05) is 41.9 Å². The summed E-state index contributed by atoms with van der Waals surface area (Å²) in [6.07, 6.45) is 2.17. The number of anilines is 1. The van der Waals surface area contributed by atoms with Crippen molar-refractivity contribution in [1.29, 1.82) is 0 Å². The number of nitrogens with one attached hydrogen (secondary N) is 2. The van der Waals surface area contributed by atoms with Crippen molar-refractivity contribution in [2.45, 2.75) is 25.8 Å². The molecule has 1 unspecified atom stereocenters. The molecule has 0 amide bonds. The first-order valence-electron chi connectivity index (χ1n) is 7.05. The van der Waals surface area contributed by atoms with Gasteiger partial charge in [-0.25, -0.2) is 0 Å². The van der Waals surface area contributed by atoms with Gasteiger partial charge in [0.05, 0.1) is 16.8 Å². The van der Waals surface area contributed by atoms with Crippen LogP contribution in [0.15, 0.2) is 42.5 Å². The molecule has 2 aromatic carbocycles. The molecule has 0 radical (unpaired) electrons. The fraction of sp³-hybridized carbons (Fsp3) is 0.235. The number of halogens is 1. The van der Waals surface area contributed by atoms with Crippen LogP contribution in [0.1, 0.15) is 29.2 Å². The topological polar surface area (TPSA) is 24.1 Å². The van der Waals surface area contributed by atoms with Crippen molar-refractivity contribution in [2.75, 3.05) is 5.32 Å². The molecule has 108 valence electrons. The Balaban J connectivity index is 1.68. The molecule has 21 heavy (non-hydrogen) atoms. The molecule has 0 spiro atoms. The maximum atomic E-state index is 6.22. The fourth-order valence-corrected chi connectivity index (χ4v) is 3.28. The van der Waals surface area contributed by atoms with Crippen LogP contribution in [0.3, 0.4) is 0 Å². The minimum atomic E-state index is 0.283. The quantitative estimate of drug-likeness (QED) is 0.790. The zero-order chi connectivity index (χ0) is 14.8. The zero-order valence-corrected chi connectivity index (χ0v) is 13.4. The number of benzene rings is 2. The second-order valence-electron chi connectivity index (χ2n) is 5.37. The third kappa shape index (κ3) is 3.20. The number of fused-ring (bicyclic) bond motifs is 1. The fourth-order valence-electron chi connectivity index (χ4n) is 2.75. The Hall–Kier alpha value is -1.58. The molecular weight excluding hydrogens is 300 g/mol. The van der Waals surface area contributed by atoms with E-state index in [0.29, 0.717) is 10.1 Å². The third-order valence-corrected chi connectivity index (χ3v) is 4.34. The van der Waals surface area contributed by atoms with E-state index < -0.39 is 0 Å². The highest BCUT2D eigenvalue weighted by Gasteiger charge is 2.22. The molecular formula is C17H17ClN2S. The summed E-state index contributed by atoms with van der Waals surface area (Å²) < 4.78 is 0. The molecule has 2 N–H and O–H groups in total. The Bertz CT molecular complexity index is 684. The van der Waals surface area contributed by atoms with Crippen LogP contribution in [0.5, 0.6) is 0 Å². The van der Waals surface area contributed by atoms with Gasteiger partial charge in [0, 0.05) is 0 Å². The zero-order valence-electron chi connectivity index (χ0n) is 11.8. The van der Waals surface area contributed by atoms with E-state index in [1.807, 2.05) is 25.1 Å². The van der Waals surface area contributed by atoms with Gasteiger partial charge in [0.1, 0.15) is 0 Å². The summed E-state index contributed by atoms with van der Waals surface area (Å²) in [6, 6.07) is 14.7. The van der Waals surface area contributed by atoms with Crippen molar-refractivity contribution < 1.29 is 0 Å². The van der Waals surface area contributed by atoms with Gasteiger partial charge in [0.2, 0.25) is 0 Å². The van der Waals surface area contributed by atoms with Gasteiger partial charge >= 0.3 is 0 Å². The number of aryl methyl sites for hydroxylation is 2. The van der Waals surface area contributed by atoms with Crippen molar-refractivity contribution in [3.05, 3.63) is 64.2 Å². The van der Waals surface area contributed by atoms with E-state index in [9.17, 15) is 0 Å². The Morgan fingerprint density at radius 1 is 1.24 bits per heavy atom. The second kappa shape index (κ2) is 6.04. The molecule has 1 aliphatic carbocycles. The first-order valence-corrected chi connectivity index (χ1v) is 7.83. The molecule has 0 aliphatic heterocycles. The van der Waals surface area contributed by atoms with E-state index in [4.69, 9.17) is 23.8 Å².